The number of hydrogen-bond acceptors (Lipinski definition) is 3. The van der Waals surface area contributed by atoms with Gasteiger partial charge in [-0.05, 0) is 25.1 Å². The van der Waals surface area contributed by atoms with Gasteiger partial charge in [0.25, 0.3) is 5.56 Å². The molecule has 2 aromatic rings. The molecule has 148 valence electrons. The molecule has 3 rings (SSSR count). The summed E-state index contributed by atoms with van der Waals surface area (Å²) in [5.74, 6) is -0.941. The zero-order chi connectivity index (χ0) is 20.6. The number of rotatable bonds is 2. The van der Waals surface area contributed by atoms with Crippen molar-refractivity contribution in [1.82, 2.24) is 4.57 Å². The van der Waals surface area contributed by atoms with Crippen LogP contribution in [-0.2, 0) is 22.3 Å². The van der Waals surface area contributed by atoms with Crippen LogP contribution in [0.3, 0.4) is 0 Å². The highest BCUT2D eigenvalue weighted by Gasteiger charge is 2.33. The van der Waals surface area contributed by atoms with Crippen LogP contribution >= 0.6 is 11.6 Å². The lowest BCUT2D eigenvalue weighted by Gasteiger charge is -2.28. The van der Waals surface area contributed by atoms with Gasteiger partial charge >= 0.3 is 6.18 Å². The number of halogens is 4. The Kier molecular flexibility index (Phi) is 5.20. The Labute approximate surface area is 162 Å². The van der Waals surface area contributed by atoms with Gasteiger partial charge in [-0.1, -0.05) is 23.7 Å². The van der Waals surface area contributed by atoms with Crippen LogP contribution in [0, 0.1) is 0 Å². The molecule has 0 spiro atoms. The molecule has 28 heavy (non-hydrogen) atoms. The number of carbonyl (C=O) groups is 2. The first kappa shape index (κ1) is 19.9. The van der Waals surface area contributed by atoms with E-state index in [1.807, 2.05) is 0 Å². The smallest absolute Gasteiger partial charge is 0.324 e. The number of hydrogen-bond donors (Lipinski definition) is 1. The van der Waals surface area contributed by atoms with Crippen molar-refractivity contribution in [3.8, 4) is 0 Å². The van der Waals surface area contributed by atoms with Crippen molar-refractivity contribution in [3.63, 3.8) is 0 Å². The van der Waals surface area contributed by atoms with E-state index in [1.54, 1.807) is 31.2 Å². The topological polar surface area (TPSA) is 71.4 Å². The summed E-state index contributed by atoms with van der Waals surface area (Å²) in [6.45, 7) is 0.983. The second kappa shape index (κ2) is 7.31. The lowest BCUT2D eigenvalue weighted by molar-refractivity contribution is -0.138. The molecule has 0 saturated carbocycles. The summed E-state index contributed by atoms with van der Waals surface area (Å²) >= 11 is 5.64. The van der Waals surface area contributed by atoms with Crippen molar-refractivity contribution in [2.45, 2.75) is 32.1 Å². The van der Waals surface area contributed by atoms with E-state index in [4.69, 9.17) is 11.6 Å². The van der Waals surface area contributed by atoms with Gasteiger partial charge in [-0.2, -0.15) is 13.2 Å². The molecule has 0 radical (unpaired) electrons. The summed E-state index contributed by atoms with van der Waals surface area (Å²) in [6, 6.07) is 6.52. The molecule has 1 aliphatic heterocycles. The normalized spacial score (nSPS) is 17.0. The Bertz CT molecular complexity index is 1000. The molecular weight excluding hydrogens is 399 g/mol. The number of fused-ring (bicyclic) bond motifs is 1. The molecule has 6 nitrogen and oxygen atoms in total. The van der Waals surface area contributed by atoms with E-state index in [2.05, 4.69) is 5.32 Å². The minimum atomic E-state index is -4.72. The average molecular weight is 414 g/mol. The number of nitrogens with one attached hydrogen (secondary N) is 1. The first-order valence-corrected chi connectivity index (χ1v) is 8.64. The predicted molar refractivity (Wildman–Crippen MR) is 97.4 cm³/mol. The van der Waals surface area contributed by atoms with E-state index >= 15 is 0 Å². The molecular formula is C18H15ClF3N3O3. The van der Waals surface area contributed by atoms with E-state index in [0.717, 1.165) is 0 Å². The third kappa shape index (κ3) is 3.89. The van der Waals surface area contributed by atoms with Crippen LogP contribution in [-0.4, -0.2) is 22.4 Å². The number of pyridine rings is 1. The minimum absolute atomic E-state index is 0.00132. The molecule has 0 fully saturated rings. The van der Waals surface area contributed by atoms with Crippen LogP contribution in [0.5, 0.6) is 0 Å². The fourth-order valence-corrected chi connectivity index (χ4v) is 3.29. The predicted octanol–water partition coefficient (Wildman–Crippen LogP) is 3.28. The Morgan fingerprint density at radius 3 is 2.64 bits per heavy atom. The molecule has 1 atom stereocenters. The molecule has 2 heterocycles. The third-order valence-corrected chi connectivity index (χ3v) is 4.57. The molecule has 0 saturated heterocycles. The largest absolute Gasteiger partial charge is 0.417 e. The average Bonchev–Trinajstić information content (AvgIpc) is 2.71. The molecule has 0 bridgehead atoms. The second-order valence-electron chi connectivity index (χ2n) is 6.39. The van der Waals surface area contributed by atoms with E-state index in [-0.39, 0.29) is 12.3 Å². The maximum atomic E-state index is 13.0. The van der Waals surface area contributed by atoms with E-state index in [9.17, 15) is 27.6 Å². The monoisotopic (exact) mass is 413 g/mol. The lowest BCUT2D eigenvalue weighted by atomic mass is 10.1. The zero-order valence-electron chi connectivity index (χ0n) is 14.6. The summed E-state index contributed by atoms with van der Waals surface area (Å²) in [5, 5.41) is 2.04. The van der Waals surface area contributed by atoms with Crippen molar-refractivity contribution in [2.24, 2.45) is 0 Å². The summed E-state index contributed by atoms with van der Waals surface area (Å²) in [4.78, 5) is 38.4. The van der Waals surface area contributed by atoms with Gasteiger partial charge in [-0.15, -0.1) is 0 Å². The third-order valence-electron chi connectivity index (χ3n) is 4.30. The van der Waals surface area contributed by atoms with Crippen molar-refractivity contribution >= 4 is 34.8 Å². The molecule has 2 amide bonds. The van der Waals surface area contributed by atoms with Crippen molar-refractivity contribution < 1.29 is 22.8 Å². The Hall–Kier alpha value is -2.81. The number of aromatic nitrogens is 1. The van der Waals surface area contributed by atoms with Gasteiger partial charge in [0, 0.05) is 18.7 Å². The van der Waals surface area contributed by atoms with Crippen LogP contribution in [0.4, 0.5) is 24.5 Å². The first-order chi connectivity index (χ1) is 13.1. The summed E-state index contributed by atoms with van der Waals surface area (Å²) in [6.07, 6.45) is -4.16. The Balaban J connectivity index is 2.00. The summed E-state index contributed by atoms with van der Waals surface area (Å²) in [7, 11) is 0. The number of carbonyl (C=O) groups excluding carboxylic acids is 2. The molecule has 0 aliphatic carbocycles. The number of amides is 2. The van der Waals surface area contributed by atoms with Crippen LogP contribution in [0.2, 0.25) is 5.02 Å². The van der Waals surface area contributed by atoms with Crippen LogP contribution < -0.4 is 15.8 Å². The van der Waals surface area contributed by atoms with Crippen LogP contribution in [0.1, 0.15) is 18.9 Å². The molecule has 1 aliphatic rings. The Morgan fingerprint density at radius 1 is 1.29 bits per heavy atom. The fraction of sp³-hybridized carbons (Fsp3) is 0.278. The summed E-state index contributed by atoms with van der Waals surface area (Å²) < 4.78 is 39.7. The van der Waals surface area contributed by atoms with Gasteiger partial charge < -0.3 is 14.8 Å². The number of anilines is 2. The van der Waals surface area contributed by atoms with Gasteiger partial charge in [0.15, 0.2) is 0 Å². The maximum absolute atomic E-state index is 13.0. The van der Waals surface area contributed by atoms with Gasteiger partial charge in [0.1, 0.15) is 11.6 Å². The molecule has 1 aromatic carbocycles. The van der Waals surface area contributed by atoms with Gasteiger partial charge in [-0.3, -0.25) is 14.4 Å². The fourth-order valence-electron chi connectivity index (χ4n) is 3.06. The quantitative estimate of drug-likeness (QED) is 0.821. The highest BCUT2D eigenvalue weighted by molar-refractivity contribution is 6.30. The van der Waals surface area contributed by atoms with Crippen molar-refractivity contribution in [1.29, 1.82) is 0 Å². The van der Waals surface area contributed by atoms with Crippen LogP contribution in [0.25, 0.3) is 0 Å². The van der Waals surface area contributed by atoms with Gasteiger partial charge in [0.05, 0.1) is 16.9 Å². The second-order valence-corrected chi connectivity index (χ2v) is 6.80. The van der Waals surface area contributed by atoms with Gasteiger partial charge in [0.2, 0.25) is 11.8 Å². The number of nitrogens with zero attached hydrogens (tertiary/aromatic N) is 2. The summed E-state index contributed by atoms with van der Waals surface area (Å²) in [5.41, 5.74) is -1.24. The van der Waals surface area contributed by atoms with Crippen molar-refractivity contribution in [3.05, 3.63) is 57.5 Å². The number of benzene rings is 1. The van der Waals surface area contributed by atoms with E-state index in [0.29, 0.717) is 28.2 Å². The first-order valence-electron chi connectivity index (χ1n) is 8.26. The van der Waals surface area contributed by atoms with Gasteiger partial charge in [-0.25, -0.2) is 0 Å². The lowest BCUT2D eigenvalue weighted by Crippen LogP contribution is -2.42. The molecule has 1 aromatic heterocycles. The molecule has 0 unspecified atom stereocenters. The zero-order valence-corrected chi connectivity index (χ0v) is 15.3. The SMILES string of the molecule is C[C@@H]1CC(=O)Nc2ccccc2N1C(=O)Cn1cc(C(F)(F)F)cc(Cl)c1=O. The molecule has 10 heteroatoms. The number of para-hydroxylation sites is 2. The van der Waals surface area contributed by atoms with E-state index in [1.165, 1.54) is 4.90 Å². The maximum Gasteiger partial charge on any atom is 0.417 e. The minimum Gasteiger partial charge on any atom is -0.324 e. The standard InChI is InChI=1S/C18H15ClF3N3O3/c1-10-6-15(26)23-13-4-2-3-5-14(13)25(10)16(27)9-24-8-11(18(20,21)22)7-12(19)17(24)28/h2-5,7-8,10H,6,9H2,1H3,(H,23,26)/t10-/m1/s1. The molecule has 1 N–H and O–H groups in total. The van der Waals surface area contributed by atoms with E-state index < -0.39 is 40.8 Å². The number of alkyl halides is 3. The van der Waals surface area contributed by atoms with Crippen molar-refractivity contribution in [2.75, 3.05) is 10.2 Å². The Morgan fingerprint density at radius 2 is 1.96 bits per heavy atom. The highest BCUT2D eigenvalue weighted by atomic mass is 35.5. The van der Waals surface area contributed by atoms with Crippen LogP contribution in [0.15, 0.2) is 41.3 Å². The highest BCUT2D eigenvalue weighted by Crippen LogP contribution is 2.32.